The molecule has 0 spiro atoms. The molecule has 0 aliphatic heterocycles. The van der Waals surface area contributed by atoms with E-state index >= 15 is 0 Å². The number of ether oxygens (including phenoxy) is 1. The molecule has 0 fully saturated rings. The van der Waals surface area contributed by atoms with Crippen molar-refractivity contribution in [1.29, 1.82) is 0 Å². The Morgan fingerprint density at radius 1 is 1.21 bits per heavy atom. The van der Waals surface area contributed by atoms with Gasteiger partial charge < -0.3 is 10.1 Å². The number of nitrogens with zero attached hydrogens (tertiary/aromatic N) is 1. The van der Waals surface area contributed by atoms with Gasteiger partial charge in [-0.1, -0.05) is 18.2 Å². The monoisotopic (exact) mass is 264 g/mol. The number of alkyl halides is 2. The lowest BCUT2D eigenvalue weighted by molar-refractivity contribution is -0.0493. The highest BCUT2D eigenvalue weighted by atomic mass is 19.3. The third kappa shape index (κ3) is 3.64. The van der Waals surface area contributed by atoms with Crippen molar-refractivity contribution in [3.8, 4) is 5.75 Å². The number of nitrogens with one attached hydrogen (secondary N) is 1. The second-order valence-electron chi connectivity index (χ2n) is 4.00. The highest BCUT2D eigenvalue weighted by molar-refractivity contribution is 5.56. The van der Waals surface area contributed by atoms with Crippen LogP contribution in [0.4, 0.5) is 14.5 Å². The maximum absolute atomic E-state index is 12.3. The van der Waals surface area contributed by atoms with Crippen LogP contribution in [0.25, 0.3) is 0 Å². The van der Waals surface area contributed by atoms with Crippen LogP contribution in [0.3, 0.4) is 0 Å². The molecular formula is C14H14F2N2O. The molecule has 1 heterocycles. The molecule has 0 saturated carbocycles. The molecule has 0 aliphatic carbocycles. The van der Waals surface area contributed by atoms with E-state index in [-0.39, 0.29) is 5.75 Å². The van der Waals surface area contributed by atoms with E-state index in [1.807, 2.05) is 19.1 Å². The van der Waals surface area contributed by atoms with E-state index in [0.29, 0.717) is 12.2 Å². The number of hydrogen-bond acceptors (Lipinski definition) is 3. The number of pyridine rings is 1. The fraction of sp³-hybridized carbons (Fsp3) is 0.214. The topological polar surface area (TPSA) is 34.2 Å². The first-order valence-corrected chi connectivity index (χ1v) is 5.85. The summed E-state index contributed by atoms with van der Waals surface area (Å²) in [6.45, 7) is -0.429. The van der Waals surface area contributed by atoms with Crippen LogP contribution in [-0.4, -0.2) is 11.6 Å². The quantitative estimate of drug-likeness (QED) is 0.895. The SMILES string of the molecule is Cc1cccnc1CNc1ccccc1OC(F)F. The van der Waals surface area contributed by atoms with E-state index in [2.05, 4.69) is 15.0 Å². The van der Waals surface area contributed by atoms with Crippen LogP contribution in [0.5, 0.6) is 5.75 Å². The molecule has 2 rings (SSSR count). The Balaban J connectivity index is 2.09. The van der Waals surface area contributed by atoms with Gasteiger partial charge in [0.15, 0.2) is 0 Å². The Labute approximate surface area is 110 Å². The maximum Gasteiger partial charge on any atom is 0.387 e. The number of aryl methyl sites for hydroxylation is 1. The number of para-hydroxylation sites is 2. The number of aromatic nitrogens is 1. The van der Waals surface area contributed by atoms with Gasteiger partial charge in [0, 0.05) is 6.20 Å². The van der Waals surface area contributed by atoms with Crippen LogP contribution in [0.15, 0.2) is 42.6 Å². The average molecular weight is 264 g/mol. The fourth-order valence-corrected chi connectivity index (χ4v) is 1.69. The van der Waals surface area contributed by atoms with Crippen molar-refractivity contribution < 1.29 is 13.5 Å². The standard InChI is InChI=1S/C14H14F2N2O/c1-10-5-4-8-17-12(10)9-18-11-6-2-3-7-13(11)19-14(15)16/h2-8,14,18H,9H2,1H3. The predicted octanol–water partition coefficient (Wildman–Crippen LogP) is 3.60. The Kier molecular flexibility index (Phi) is 4.28. The van der Waals surface area contributed by atoms with Crippen molar-refractivity contribution >= 4 is 5.69 Å². The molecule has 0 atom stereocenters. The molecule has 5 heteroatoms. The van der Waals surface area contributed by atoms with Gasteiger partial charge >= 0.3 is 6.61 Å². The number of rotatable bonds is 5. The van der Waals surface area contributed by atoms with Gasteiger partial charge in [0.25, 0.3) is 0 Å². The minimum Gasteiger partial charge on any atom is -0.433 e. The lowest BCUT2D eigenvalue weighted by Crippen LogP contribution is -2.07. The molecule has 0 amide bonds. The Morgan fingerprint density at radius 2 is 2.00 bits per heavy atom. The van der Waals surface area contributed by atoms with Gasteiger partial charge in [0.2, 0.25) is 0 Å². The van der Waals surface area contributed by atoms with Gasteiger partial charge in [-0.2, -0.15) is 8.78 Å². The minimum atomic E-state index is -2.83. The largest absolute Gasteiger partial charge is 0.433 e. The zero-order valence-corrected chi connectivity index (χ0v) is 10.4. The molecule has 2 aromatic rings. The van der Waals surface area contributed by atoms with E-state index < -0.39 is 6.61 Å². The van der Waals surface area contributed by atoms with E-state index in [1.165, 1.54) is 6.07 Å². The van der Waals surface area contributed by atoms with Crippen molar-refractivity contribution in [3.63, 3.8) is 0 Å². The first-order valence-electron chi connectivity index (χ1n) is 5.85. The van der Waals surface area contributed by atoms with Crippen LogP contribution in [0, 0.1) is 6.92 Å². The maximum atomic E-state index is 12.3. The highest BCUT2D eigenvalue weighted by Crippen LogP contribution is 2.25. The summed E-state index contributed by atoms with van der Waals surface area (Å²) >= 11 is 0. The van der Waals surface area contributed by atoms with Crippen molar-refractivity contribution in [3.05, 3.63) is 53.9 Å². The summed E-state index contributed by atoms with van der Waals surface area (Å²) in [5, 5.41) is 3.05. The second-order valence-corrected chi connectivity index (χ2v) is 4.00. The summed E-state index contributed by atoms with van der Waals surface area (Å²) in [6, 6.07) is 10.4. The Hall–Kier alpha value is -2.17. The summed E-state index contributed by atoms with van der Waals surface area (Å²) in [6.07, 6.45) is 1.70. The van der Waals surface area contributed by atoms with Crippen LogP contribution >= 0.6 is 0 Å². The lowest BCUT2D eigenvalue weighted by Gasteiger charge is -2.12. The molecule has 100 valence electrons. The average Bonchev–Trinajstić information content (AvgIpc) is 2.39. The molecule has 1 aromatic carbocycles. The van der Waals surface area contributed by atoms with Crippen LogP contribution in [0.2, 0.25) is 0 Å². The molecule has 1 aromatic heterocycles. The van der Waals surface area contributed by atoms with Crippen molar-refractivity contribution in [2.75, 3.05) is 5.32 Å². The third-order valence-corrected chi connectivity index (χ3v) is 2.67. The first kappa shape index (κ1) is 13.3. The molecule has 0 unspecified atom stereocenters. The summed E-state index contributed by atoms with van der Waals surface area (Å²) in [5.74, 6) is 0.131. The third-order valence-electron chi connectivity index (χ3n) is 2.67. The summed E-state index contributed by atoms with van der Waals surface area (Å²) in [4.78, 5) is 4.23. The molecule has 0 saturated heterocycles. The van der Waals surface area contributed by atoms with E-state index in [1.54, 1.807) is 24.4 Å². The number of hydrogen-bond donors (Lipinski definition) is 1. The van der Waals surface area contributed by atoms with Gasteiger partial charge in [0.05, 0.1) is 17.9 Å². The van der Waals surface area contributed by atoms with Gasteiger partial charge in [0.1, 0.15) is 5.75 Å². The van der Waals surface area contributed by atoms with Crippen LogP contribution < -0.4 is 10.1 Å². The lowest BCUT2D eigenvalue weighted by atomic mass is 10.2. The molecular weight excluding hydrogens is 250 g/mol. The summed E-state index contributed by atoms with van der Waals surface area (Å²) in [5.41, 5.74) is 2.43. The van der Waals surface area contributed by atoms with Crippen LogP contribution in [-0.2, 0) is 6.54 Å². The van der Waals surface area contributed by atoms with Gasteiger partial charge in [-0.3, -0.25) is 4.98 Å². The molecule has 3 nitrogen and oxygen atoms in total. The second kappa shape index (κ2) is 6.13. The van der Waals surface area contributed by atoms with Crippen molar-refractivity contribution in [2.45, 2.75) is 20.1 Å². The zero-order chi connectivity index (χ0) is 13.7. The number of benzene rings is 1. The van der Waals surface area contributed by atoms with E-state index in [9.17, 15) is 8.78 Å². The zero-order valence-electron chi connectivity index (χ0n) is 10.4. The van der Waals surface area contributed by atoms with Crippen molar-refractivity contribution in [2.24, 2.45) is 0 Å². The normalized spacial score (nSPS) is 10.5. The molecule has 1 N–H and O–H groups in total. The van der Waals surface area contributed by atoms with E-state index in [0.717, 1.165) is 11.3 Å². The Morgan fingerprint density at radius 3 is 2.74 bits per heavy atom. The Bertz CT molecular complexity index is 546. The highest BCUT2D eigenvalue weighted by Gasteiger charge is 2.09. The minimum absolute atomic E-state index is 0.131. The number of halogens is 2. The van der Waals surface area contributed by atoms with Gasteiger partial charge in [-0.25, -0.2) is 0 Å². The fourth-order valence-electron chi connectivity index (χ4n) is 1.69. The smallest absolute Gasteiger partial charge is 0.387 e. The van der Waals surface area contributed by atoms with Crippen LogP contribution in [0.1, 0.15) is 11.3 Å². The first-order chi connectivity index (χ1) is 9.16. The van der Waals surface area contributed by atoms with Gasteiger partial charge in [-0.15, -0.1) is 0 Å². The molecule has 0 bridgehead atoms. The summed E-state index contributed by atoms with van der Waals surface area (Å²) < 4.78 is 29.0. The molecule has 0 aliphatic rings. The predicted molar refractivity (Wildman–Crippen MR) is 69.4 cm³/mol. The van der Waals surface area contributed by atoms with Crippen molar-refractivity contribution in [1.82, 2.24) is 4.98 Å². The molecule has 0 radical (unpaired) electrons. The molecule has 19 heavy (non-hydrogen) atoms. The summed E-state index contributed by atoms with van der Waals surface area (Å²) in [7, 11) is 0. The van der Waals surface area contributed by atoms with Gasteiger partial charge in [-0.05, 0) is 30.7 Å². The number of anilines is 1. The van der Waals surface area contributed by atoms with E-state index in [4.69, 9.17) is 0 Å².